The van der Waals surface area contributed by atoms with E-state index in [0.717, 1.165) is 23.3 Å². The zero-order valence-corrected chi connectivity index (χ0v) is 15.1. The standard InChI is InChI=1S/C17H16N4O2S2/c1-11-4-6-12(7-5-11)19-15(23)17-21-20-16(25-17)14(22)18-9-8-13-3-2-10-24-13/h2-7,10H,8-9H2,1H3,(H,18,22)(H,19,23). The molecule has 2 N–H and O–H groups in total. The molecule has 8 heteroatoms. The van der Waals surface area contributed by atoms with Gasteiger partial charge >= 0.3 is 0 Å². The number of anilines is 1. The summed E-state index contributed by atoms with van der Waals surface area (Å²) in [5.74, 6) is -0.692. The average Bonchev–Trinajstić information content (AvgIpc) is 3.28. The summed E-state index contributed by atoms with van der Waals surface area (Å²) in [6.45, 7) is 2.49. The maximum atomic E-state index is 12.2. The third kappa shape index (κ3) is 4.71. The van der Waals surface area contributed by atoms with E-state index in [2.05, 4.69) is 20.8 Å². The summed E-state index contributed by atoms with van der Waals surface area (Å²) >= 11 is 2.63. The van der Waals surface area contributed by atoms with E-state index in [0.29, 0.717) is 12.2 Å². The Morgan fingerprint density at radius 2 is 1.76 bits per heavy atom. The maximum Gasteiger partial charge on any atom is 0.286 e. The van der Waals surface area contributed by atoms with Crippen molar-refractivity contribution in [2.75, 3.05) is 11.9 Å². The van der Waals surface area contributed by atoms with E-state index >= 15 is 0 Å². The number of thiophene rings is 1. The topological polar surface area (TPSA) is 84.0 Å². The zero-order chi connectivity index (χ0) is 17.6. The molecule has 2 aromatic heterocycles. The van der Waals surface area contributed by atoms with Crippen LogP contribution in [0, 0.1) is 6.92 Å². The molecule has 2 amide bonds. The first-order valence-electron chi connectivity index (χ1n) is 7.64. The highest BCUT2D eigenvalue weighted by Crippen LogP contribution is 2.14. The highest BCUT2D eigenvalue weighted by molar-refractivity contribution is 7.15. The van der Waals surface area contributed by atoms with Crippen LogP contribution in [0.1, 0.15) is 30.0 Å². The largest absolute Gasteiger partial charge is 0.350 e. The van der Waals surface area contributed by atoms with Gasteiger partial charge in [0.1, 0.15) is 0 Å². The van der Waals surface area contributed by atoms with E-state index in [1.807, 2.05) is 48.7 Å². The summed E-state index contributed by atoms with van der Waals surface area (Å²) in [6, 6.07) is 11.4. The minimum Gasteiger partial charge on any atom is -0.350 e. The van der Waals surface area contributed by atoms with E-state index in [4.69, 9.17) is 0 Å². The molecule has 0 fully saturated rings. The van der Waals surface area contributed by atoms with Crippen molar-refractivity contribution in [3.8, 4) is 0 Å². The predicted molar refractivity (Wildman–Crippen MR) is 99.4 cm³/mol. The Bertz CT molecular complexity index is 857. The van der Waals surface area contributed by atoms with Gasteiger partial charge in [0.15, 0.2) is 0 Å². The van der Waals surface area contributed by atoms with Crippen LogP contribution >= 0.6 is 22.7 Å². The van der Waals surface area contributed by atoms with E-state index in [1.54, 1.807) is 11.3 Å². The molecule has 0 atom stereocenters. The third-order valence-corrected chi connectivity index (χ3v) is 5.22. The van der Waals surface area contributed by atoms with Crippen LogP contribution in [0.15, 0.2) is 41.8 Å². The Labute approximate surface area is 152 Å². The lowest BCUT2D eigenvalue weighted by molar-refractivity contribution is 0.0952. The molecule has 3 aromatic rings. The molecule has 128 valence electrons. The molecular formula is C17H16N4O2S2. The molecule has 25 heavy (non-hydrogen) atoms. The highest BCUT2D eigenvalue weighted by Gasteiger charge is 2.17. The van der Waals surface area contributed by atoms with Crippen molar-refractivity contribution in [1.29, 1.82) is 0 Å². The van der Waals surface area contributed by atoms with Gasteiger partial charge < -0.3 is 10.6 Å². The van der Waals surface area contributed by atoms with Crippen LogP contribution in [-0.4, -0.2) is 28.6 Å². The lowest BCUT2D eigenvalue weighted by Crippen LogP contribution is -2.25. The van der Waals surface area contributed by atoms with Crippen molar-refractivity contribution in [1.82, 2.24) is 15.5 Å². The van der Waals surface area contributed by atoms with Gasteiger partial charge in [0.05, 0.1) is 0 Å². The summed E-state index contributed by atoms with van der Waals surface area (Å²) in [6.07, 6.45) is 0.767. The zero-order valence-electron chi connectivity index (χ0n) is 13.5. The predicted octanol–water partition coefficient (Wildman–Crippen LogP) is 3.13. The van der Waals surface area contributed by atoms with Crippen LogP contribution in [0.25, 0.3) is 0 Å². The van der Waals surface area contributed by atoms with Crippen LogP contribution in [0.4, 0.5) is 5.69 Å². The smallest absolute Gasteiger partial charge is 0.286 e. The Morgan fingerprint density at radius 1 is 1.04 bits per heavy atom. The van der Waals surface area contributed by atoms with Gasteiger partial charge in [-0.25, -0.2) is 0 Å². The van der Waals surface area contributed by atoms with Gasteiger partial charge in [-0.05, 0) is 36.9 Å². The number of rotatable bonds is 6. The number of carbonyl (C=O) groups excluding carboxylic acids is 2. The fourth-order valence-electron chi connectivity index (χ4n) is 2.06. The van der Waals surface area contributed by atoms with Crippen molar-refractivity contribution >= 4 is 40.2 Å². The monoisotopic (exact) mass is 372 g/mol. The number of carbonyl (C=O) groups is 2. The van der Waals surface area contributed by atoms with Crippen molar-refractivity contribution in [2.24, 2.45) is 0 Å². The summed E-state index contributed by atoms with van der Waals surface area (Å²) in [5, 5.41) is 15.5. The van der Waals surface area contributed by atoms with Crippen molar-refractivity contribution < 1.29 is 9.59 Å². The second kappa shape index (κ2) is 8.00. The fraction of sp³-hybridized carbons (Fsp3) is 0.176. The summed E-state index contributed by atoms with van der Waals surface area (Å²) in [7, 11) is 0. The first-order valence-corrected chi connectivity index (χ1v) is 9.33. The van der Waals surface area contributed by atoms with Gasteiger partial charge in [-0.3, -0.25) is 9.59 Å². The van der Waals surface area contributed by atoms with Gasteiger partial charge in [0.25, 0.3) is 11.8 Å². The molecule has 3 rings (SSSR count). The molecule has 2 heterocycles. The number of hydrogen-bond acceptors (Lipinski definition) is 6. The number of amides is 2. The number of nitrogens with zero attached hydrogens (tertiary/aromatic N) is 2. The van der Waals surface area contributed by atoms with Crippen LogP contribution in [0.3, 0.4) is 0 Å². The van der Waals surface area contributed by atoms with E-state index in [9.17, 15) is 9.59 Å². The summed E-state index contributed by atoms with van der Waals surface area (Å²) < 4.78 is 0. The molecule has 0 aliphatic rings. The Kier molecular flexibility index (Phi) is 5.52. The SMILES string of the molecule is Cc1ccc(NC(=O)c2nnc(C(=O)NCCc3cccs3)s2)cc1. The number of benzene rings is 1. The summed E-state index contributed by atoms with van der Waals surface area (Å²) in [5.41, 5.74) is 1.78. The molecule has 0 bridgehead atoms. The maximum absolute atomic E-state index is 12.2. The van der Waals surface area contributed by atoms with Crippen LogP contribution < -0.4 is 10.6 Å². The molecule has 0 aliphatic carbocycles. The molecule has 1 aromatic carbocycles. The highest BCUT2D eigenvalue weighted by atomic mass is 32.1. The molecule has 0 aliphatic heterocycles. The quantitative estimate of drug-likeness (QED) is 0.696. The molecule has 6 nitrogen and oxygen atoms in total. The van der Waals surface area contributed by atoms with Gasteiger partial charge in [-0.1, -0.05) is 35.1 Å². The van der Waals surface area contributed by atoms with E-state index < -0.39 is 0 Å². The fourth-order valence-corrected chi connectivity index (χ4v) is 3.42. The Morgan fingerprint density at radius 3 is 2.44 bits per heavy atom. The lowest BCUT2D eigenvalue weighted by atomic mass is 10.2. The van der Waals surface area contributed by atoms with Gasteiger partial charge in [-0.15, -0.1) is 21.5 Å². The van der Waals surface area contributed by atoms with Crippen LogP contribution in [0.2, 0.25) is 0 Å². The molecule has 0 unspecified atom stereocenters. The van der Waals surface area contributed by atoms with Gasteiger partial charge in [0, 0.05) is 17.1 Å². The summed E-state index contributed by atoms with van der Waals surface area (Å²) in [4.78, 5) is 25.4. The van der Waals surface area contributed by atoms with Crippen LogP contribution in [0.5, 0.6) is 0 Å². The van der Waals surface area contributed by atoms with Gasteiger partial charge in [0.2, 0.25) is 10.0 Å². The average molecular weight is 372 g/mol. The number of aromatic nitrogens is 2. The normalized spacial score (nSPS) is 10.4. The number of nitrogens with one attached hydrogen (secondary N) is 2. The lowest BCUT2D eigenvalue weighted by Gasteiger charge is -2.02. The Balaban J connectivity index is 1.54. The number of aryl methyl sites for hydroxylation is 1. The second-order valence-corrected chi connectivity index (χ2v) is 7.33. The minimum absolute atomic E-state index is 0.156. The van der Waals surface area contributed by atoms with E-state index in [1.165, 1.54) is 4.88 Å². The van der Waals surface area contributed by atoms with Crippen molar-refractivity contribution in [3.05, 3.63) is 62.2 Å². The van der Waals surface area contributed by atoms with Gasteiger partial charge in [-0.2, -0.15) is 0 Å². The minimum atomic E-state index is -0.376. The molecule has 0 saturated heterocycles. The van der Waals surface area contributed by atoms with E-state index in [-0.39, 0.29) is 21.8 Å². The first-order chi connectivity index (χ1) is 12.1. The Hall–Kier alpha value is -2.58. The van der Waals surface area contributed by atoms with Crippen molar-refractivity contribution in [2.45, 2.75) is 13.3 Å². The van der Waals surface area contributed by atoms with Crippen LogP contribution in [-0.2, 0) is 6.42 Å². The molecule has 0 spiro atoms. The van der Waals surface area contributed by atoms with Crippen molar-refractivity contribution in [3.63, 3.8) is 0 Å². The second-order valence-electron chi connectivity index (χ2n) is 5.32. The molecule has 0 saturated carbocycles. The number of hydrogen-bond donors (Lipinski definition) is 2. The third-order valence-electron chi connectivity index (χ3n) is 3.36. The first kappa shape index (κ1) is 17.2. The molecular weight excluding hydrogens is 356 g/mol. The molecule has 0 radical (unpaired) electrons.